The molecule has 1 fully saturated rings. The van der Waals surface area contributed by atoms with Gasteiger partial charge in [0.25, 0.3) is 11.1 Å². The Labute approximate surface area is 154 Å². The van der Waals surface area contributed by atoms with E-state index in [-0.39, 0.29) is 45.9 Å². The van der Waals surface area contributed by atoms with Gasteiger partial charge in [0, 0.05) is 12.6 Å². The maximum absolute atomic E-state index is 13.7. The van der Waals surface area contributed by atoms with Crippen LogP contribution in [0.3, 0.4) is 0 Å². The van der Waals surface area contributed by atoms with Crippen molar-refractivity contribution in [1.82, 2.24) is 15.1 Å². The second kappa shape index (κ2) is 7.75. The summed E-state index contributed by atoms with van der Waals surface area (Å²) < 4.78 is 42.4. The lowest BCUT2D eigenvalue weighted by atomic mass is 10.2. The molecule has 7 nitrogen and oxygen atoms in total. The molecule has 1 amide bonds. The molecular formula is C16H18FN3O4S2. The molecule has 0 N–H and O–H groups in total. The Hall–Kier alpha value is -1.94. The molecule has 3 rings (SSSR count). The van der Waals surface area contributed by atoms with E-state index in [0.29, 0.717) is 13.0 Å². The van der Waals surface area contributed by atoms with Crippen LogP contribution >= 0.6 is 11.8 Å². The van der Waals surface area contributed by atoms with Gasteiger partial charge < -0.3 is 9.32 Å². The molecule has 26 heavy (non-hydrogen) atoms. The Morgan fingerprint density at radius 2 is 2.15 bits per heavy atom. The van der Waals surface area contributed by atoms with Crippen molar-refractivity contribution >= 4 is 27.5 Å². The van der Waals surface area contributed by atoms with Gasteiger partial charge in [-0.3, -0.25) is 4.79 Å². The molecule has 1 aliphatic heterocycles. The van der Waals surface area contributed by atoms with Crippen LogP contribution in [0.1, 0.15) is 13.3 Å². The zero-order valence-corrected chi connectivity index (χ0v) is 15.7. The molecule has 1 saturated heterocycles. The average Bonchev–Trinajstić information content (AvgIpc) is 3.21. The molecule has 10 heteroatoms. The van der Waals surface area contributed by atoms with Gasteiger partial charge in [-0.05, 0) is 25.5 Å². The largest absolute Gasteiger partial charge is 0.411 e. The number of aromatic nitrogens is 2. The van der Waals surface area contributed by atoms with Gasteiger partial charge in [0.2, 0.25) is 5.91 Å². The number of carbonyl (C=O) groups is 1. The van der Waals surface area contributed by atoms with Gasteiger partial charge in [-0.15, -0.1) is 10.2 Å². The van der Waals surface area contributed by atoms with Crippen molar-refractivity contribution < 1.29 is 22.0 Å². The van der Waals surface area contributed by atoms with E-state index in [0.717, 1.165) is 11.8 Å². The lowest BCUT2D eigenvalue weighted by molar-refractivity contribution is -0.129. The van der Waals surface area contributed by atoms with Crippen LogP contribution in [-0.2, 0) is 14.6 Å². The van der Waals surface area contributed by atoms with Gasteiger partial charge in [0.15, 0.2) is 9.84 Å². The van der Waals surface area contributed by atoms with Gasteiger partial charge in [-0.1, -0.05) is 23.9 Å². The molecule has 0 bridgehead atoms. The van der Waals surface area contributed by atoms with Crippen molar-refractivity contribution in [3.63, 3.8) is 0 Å². The second-order valence-corrected chi connectivity index (χ2v) is 9.03. The van der Waals surface area contributed by atoms with E-state index in [1.807, 2.05) is 6.92 Å². The summed E-state index contributed by atoms with van der Waals surface area (Å²) in [5.74, 6) is -0.441. The number of nitrogens with zero attached hydrogens (tertiary/aromatic N) is 3. The summed E-state index contributed by atoms with van der Waals surface area (Å²) in [5, 5.41) is 7.79. The summed E-state index contributed by atoms with van der Waals surface area (Å²) in [6, 6.07) is 5.77. The third-order valence-electron chi connectivity index (χ3n) is 4.14. The van der Waals surface area contributed by atoms with Crippen molar-refractivity contribution in [2.75, 3.05) is 23.8 Å². The minimum Gasteiger partial charge on any atom is -0.411 e. The van der Waals surface area contributed by atoms with Crippen LogP contribution in [0.25, 0.3) is 11.5 Å². The molecule has 1 atom stereocenters. The monoisotopic (exact) mass is 399 g/mol. The first kappa shape index (κ1) is 18.8. The first-order valence-corrected chi connectivity index (χ1v) is 10.9. The quantitative estimate of drug-likeness (QED) is 0.686. The number of thioether (sulfide) groups is 1. The molecule has 1 aromatic heterocycles. The highest BCUT2D eigenvalue weighted by Gasteiger charge is 2.33. The van der Waals surface area contributed by atoms with Gasteiger partial charge in [-0.25, -0.2) is 12.8 Å². The first-order valence-electron chi connectivity index (χ1n) is 8.10. The third-order valence-corrected chi connectivity index (χ3v) is 6.69. The van der Waals surface area contributed by atoms with Crippen LogP contribution in [0.15, 0.2) is 33.9 Å². The van der Waals surface area contributed by atoms with Crippen molar-refractivity contribution in [3.05, 3.63) is 30.1 Å². The normalized spacial score (nSPS) is 18.8. The predicted octanol–water partition coefficient (Wildman–Crippen LogP) is 2.00. The Morgan fingerprint density at radius 3 is 2.81 bits per heavy atom. The average molecular weight is 399 g/mol. The molecule has 0 unspecified atom stereocenters. The van der Waals surface area contributed by atoms with Crippen LogP contribution in [0.4, 0.5) is 4.39 Å². The van der Waals surface area contributed by atoms with Crippen LogP contribution in [-0.4, -0.2) is 59.3 Å². The molecule has 140 valence electrons. The highest BCUT2D eigenvalue weighted by Crippen LogP contribution is 2.26. The predicted molar refractivity (Wildman–Crippen MR) is 94.9 cm³/mol. The van der Waals surface area contributed by atoms with Gasteiger partial charge in [-0.2, -0.15) is 0 Å². The summed E-state index contributed by atoms with van der Waals surface area (Å²) in [6.07, 6.45) is 0.463. The number of hydrogen-bond acceptors (Lipinski definition) is 7. The topological polar surface area (TPSA) is 93.4 Å². The number of carbonyl (C=O) groups excluding carboxylic acids is 1. The maximum atomic E-state index is 13.7. The van der Waals surface area contributed by atoms with Crippen molar-refractivity contribution in [2.24, 2.45) is 0 Å². The number of halogens is 1. The molecule has 2 aromatic rings. The van der Waals surface area contributed by atoms with E-state index in [9.17, 15) is 17.6 Å². The summed E-state index contributed by atoms with van der Waals surface area (Å²) in [5.41, 5.74) is 0.199. The molecule has 0 radical (unpaired) electrons. The minimum absolute atomic E-state index is 0.00916. The SMILES string of the molecule is CCN(C(=O)CSc1nnc(-c2ccccc2F)o1)[C@H]1CCS(=O)(=O)C1. The van der Waals surface area contributed by atoms with Crippen LogP contribution < -0.4 is 0 Å². The smallest absolute Gasteiger partial charge is 0.277 e. The standard InChI is InChI=1S/C16H18FN3O4S2/c1-2-20(11-7-8-26(22,23)10-11)14(21)9-25-16-19-18-15(24-16)12-5-3-4-6-13(12)17/h3-6,11H,2,7-10H2,1H3/t11-/m0/s1. The molecule has 0 aliphatic carbocycles. The van der Waals surface area contributed by atoms with E-state index in [1.165, 1.54) is 12.1 Å². The van der Waals surface area contributed by atoms with Crippen LogP contribution in [0.5, 0.6) is 0 Å². The number of hydrogen-bond donors (Lipinski definition) is 0. The van der Waals surface area contributed by atoms with Gasteiger partial charge >= 0.3 is 0 Å². The lowest BCUT2D eigenvalue weighted by Gasteiger charge is -2.26. The highest BCUT2D eigenvalue weighted by molar-refractivity contribution is 7.99. The van der Waals surface area contributed by atoms with E-state index in [1.54, 1.807) is 17.0 Å². The van der Waals surface area contributed by atoms with E-state index in [2.05, 4.69) is 10.2 Å². The van der Waals surface area contributed by atoms with Crippen molar-refractivity contribution in [1.29, 1.82) is 0 Å². The molecule has 0 saturated carbocycles. The summed E-state index contributed by atoms with van der Waals surface area (Å²) in [4.78, 5) is 14.0. The number of sulfone groups is 1. The number of benzene rings is 1. The fraction of sp³-hybridized carbons (Fsp3) is 0.438. The fourth-order valence-electron chi connectivity index (χ4n) is 2.88. The zero-order chi connectivity index (χ0) is 18.7. The van der Waals surface area contributed by atoms with Gasteiger partial charge in [0.1, 0.15) is 5.82 Å². The summed E-state index contributed by atoms with van der Waals surface area (Å²) in [6.45, 7) is 2.25. The van der Waals surface area contributed by atoms with Crippen molar-refractivity contribution in [2.45, 2.75) is 24.6 Å². The summed E-state index contributed by atoms with van der Waals surface area (Å²) >= 11 is 1.05. The Kier molecular flexibility index (Phi) is 5.61. The molecule has 2 heterocycles. The molecular weight excluding hydrogens is 381 g/mol. The molecule has 1 aliphatic rings. The highest BCUT2D eigenvalue weighted by atomic mass is 32.2. The Bertz CT molecular complexity index is 900. The summed E-state index contributed by atoms with van der Waals surface area (Å²) in [7, 11) is -3.06. The first-order chi connectivity index (χ1) is 12.4. The zero-order valence-electron chi connectivity index (χ0n) is 14.1. The molecule has 0 spiro atoms. The van der Waals surface area contributed by atoms with Crippen LogP contribution in [0.2, 0.25) is 0 Å². The van der Waals surface area contributed by atoms with E-state index in [4.69, 9.17) is 4.42 Å². The maximum Gasteiger partial charge on any atom is 0.277 e. The number of rotatable bonds is 6. The lowest BCUT2D eigenvalue weighted by Crippen LogP contribution is -2.41. The van der Waals surface area contributed by atoms with Crippen LogP contribution in [0, 0.1) is 5.82 Å². The third kappa shape index (κ3) is 4.24. The second-order valence-electron chi connectivity index (χ2n) is 5.88. The fourth-order valence-corrected chi connectivity index (χ4v) is 5.26. The minimum atomic E-state index is -3.06. The van der Waals surface area contributed by atoms with Gasteiger partial charge in [0.05, 0.1) is 22.8 Å². The Balaban J connectivity index is 1.62. The number of amides is 1. The van der Waals surface area contributed by atoms with E-state index < -0.39 is 15.7 Å². The van der Waals surface area contributed by atoms with Crippen molar-refractivity contribution in [3.8, 4) is 11.5 Å². The molecule has 1 aromatic carbocycles. The van der Waals surface area contributed by atoms with E-state index >= 15 is 0 Å². The Morgan fingerprint density at radius 1 is 1.38 bits per heavy atom.